The van der Waals surface area contributed by atoms with E-state index in [4.69, 9.17) is 0 Å². The van der Waals surface area contributed by atoms with Crippen molar-refractivity contribution in [2.75, 3.05) is 0 Å². The third kappa shape index (κ3) is 3.32. The minimum absolute atomic E-state index is 0.198. The Bertz CT molecular complexity index is 251. The highest BCUT2D eigenvalue weighted by Gasteiger charge is 2.25. The van der Waals surface area contributed by atoms with E-state index in [1.807, 2.05) is 0 Å². The molecule has 0 saturated heterocycles. The van der Waals surface area contributed by atoms with Crippen LogP contribution in [0.15, 0.2) is 23.3 Å². The summed E-state index contributed by atoms with van der Waals surface area (Å²) in [5, 5.41) is 0. The quantitative estimate of drug-likeness (QED) is 0.517. The fourth-order valence-electron chi connectivity index (χ4n) is 1.90. The Morgan fingerprint density at radius 1 is 0.786 bits per heavy atom. The van der Waals surface area contributed by atoms with E-state index in [1.165, 1.54) is 16.7 Å². The van der Waals surface area contributed by atoms with Gasteiger partial charge in [0.15, 0.2) is 0 Å². The van der Waals surface area contributed by atoms with E-state index >= 15 is 0 Å². The van der Waals surface area contributed by atoms with E-state index in [2.05, 4.69) is 62.0 Å². The van der Waals surface area contributed by atoms with Gasteiger partial charge in [-0.1, -0.05) is 59.3 Å². The molecule has 0 aliphatic rings. The van der Waals surface area contributed by atoms with Crippen molar-refractivity contribution >= 4 is 0 Å². The third-order valence-electron chi connectivity index (χ3n) is 2.68. The van der Waals surface area contributed by atoms with Gasteiger partial charge in [-0.3, -0.25) is 0 Å². The summed E-state index contributed by atoms with van der Waals surface area (Å²) in [6, 6.07) is 0. The lowest BCUT2D eigenvalue weighted by molar-refractivity contribution is 0.450. The van der Waals surface area contributed by atoms with Crippen LogP contribution in [0.4, 0.5) is 0 Å². The Morgan fingerprint density at radius 3 is 1.21 bits per heavy atom. The lowest BCUT2D eigenvalue weighted by Gasteiger charge is -2.32. The second-order valence-electron chi connectivity index (χ2n) is 6.28. The average molecular weight is 194 g/mol. The van der Waals surface area contributed by atoms with Crippen molar-refractivity contribution in [3.8, 4) is 0 Å². The minimum Gasteiger partial charge on any atom is -0.0958 e. The van der Waals surface area contributed by atoms with Crippen molar-refractivity contribution in [2.45, 2.75) is 55.4 Å². The second-order valence-corrected chi connectivity index (χ2v) is 6.28. The van der Waals surface area contributed by atoms with Gasteiger partial charge in [-0.15, -0.1) is 0 Å². The highest BCUT2D eigenvalue weighted by Crippen LogP contribution is 2.39. The third-order valence-corrected chi connectivity index (χ3v) is 2.68. The Labute approximate surface area is 90.1 Å². The molecule has 0 aliphatic heterocycles. The number of hydrogen-bond donors (Lipinski definition) is 0. The van der Waals surface area contributed by atoms with Crippen LogP contribution in [-0.2, 0) is 0 Å². The van der Waals surface area contributed by atoms with E-state index in [1.54, 1.807) is 0 Å². The summed E-state index contributed by atoms with van der Waals surface area (Å²) in [6.45, 7) is 22.0. The van der Waals surface area contributed by atoms with Gasteiger partial charge in [-0.05, 0) is 30.3 Å². The zero-order valence-corrected chi connectivity index (χ0v) is 11.2. The smallest absolute Gasteiger partial charge is 0.0130 e. The molecule has 0 spiro atoms. The molecule has 0 aromatic carbocycles. The van der Waals surface area contributed by atoms with Gasteiger partial charge in [0.25, 0.3) is 0 Å². The summed E-state index contributed by atoms with van der Waals surface area (Å²) in [7, 11) is 0. The Morgan fingerprint density at radius 2 is 1.14 bits per heavy atom. The molecule has 0 unspecified atom stereocenters. The molecule has 0 heteroatoms. The summed E-state index contributed by atoms with van der Waals surface area (Å²) >= 11 is 0. The van der Waals surface area contributed by atoms with Crippen molar-refractivity contribution < 1.29 is 0 Å². The van der Waals surface area contributed by atoms with Crippen LogP contribution in [-0.4, -0.2) is 0 Å². The molecule has 0 bridgehead atoms. The number of allylic oxidation sites excluding steroid dienone is 3. The molecule has 0 aliphatic carbocycles. The van der Waals surface area contributed by atoms with E-state index in [0.717, 1.165) is 0 Å². The van der Waals surface area contributed by atoms with Crippen LogP contribution in [0.2, 0.25) is 0 Å². The molecule has 82 valence electrons. The van der Waals surface area contributed by atoms with Gasteiger partial charge in [-0.25, -0.2) is 0 Å². The predicted octanol–water partition coefficient (Wildman–Crippen LogP) is 4.97. The highest BCUT2D eigenvalue weighted by atomic mass is 14.3. The Balaban J connectivity index is 5.53. The van der Waals surface area contributed by atoms with Gasteiger partial charge in [0.05, 0.1) is 0 Å². The van der Waals surface area contributed by atoms with Crippen molar-refractivity contribution in [1.29, 1.82) is 0 Å². The van der Waals surface area contributed by atoms with Crippen LogP contribution in [0.3, 0.4) is 0 Å². The molecule has 0 heterocycles. The fourth-order valence-corrected chi connectivity index (χ4v) is 1.90. The predicted molar refractivity (Wildman–Crippen MR) is 66.4 cm³/mol. The van der Waals surface area contributed by atoms with Crippen LogP contribution < -0.4 is 0 Å². The number of rotatable bonds is 1. The van der Waals surface area contributed by atoms with Crippen molar-refractivity contribution in [1.82, 2.24) is 0 Å². The maximum absolute atomic E-state index is 4.10. The first-order valence-electron chi connectivity index (χ1n) is 5.35. The summed E-state index contributed by atoms with van der Waals surface area (Å²) in [5.74, 6) is 0. The highest BCUT2D eigenvalue weighted by molar-refractivity contribution is 5.37. The van der Waals surface area contributed by atoms with Crippen LogP contribution in [0, 0.1) is 10.8 Å². The van der Waals surface area contributed by atoms with E-state index in [-0.39, 0.29) is 10.8 Å². The molecule has 0 aromatic rings. The summed E-state index contributed by atoms with van der Waals surface area (Å²) in [4.78, 5) is 0. The maximum Gasteiger partial charge on any atom is -0.0130 e. The molecule has 0 fully saturated rings. The molecule has 0 nitrogen and oxygen atoms in total. The van der Waals surface area contributed by atoms with E-state index < -0.39 is 0 Å². The molecule has 0 aromatic heterocycles. The monoisotopic (exact) mass is 194 g/mol. The van der Waals surface area contributed by atoms with Gasteiger partial charge in [0.2, 0.25) is 0 Å². The molecular weight excluding hydrogens is 168 g/mol. The largest absolute Gasteiger partial charge is 0.0958 e. The molecule has 0 amide bonds. The summed E-state index contributed by atoms with van der Waals surface area (Å²) in [6.07, 6.45) is 0. The molecule has 0 saturated carbocycles. The van der Waals surface area contributed by atoms with Gasteiger partial charge >= 0.3 is 0 Å². The number of hydrogen-bond acceptors (Lipinski definition) is 0. The fraction of sp³-hybridized carbons (Fsp3) is 0.714. The molecule has 0 radical (unpaired) electrons. The molecule has 14 heavy (non-hydrogen) atoms. The SMILES string of the molecule is C=C(C)/C(=C(\C)C(C)(C)C)C(C)(C)C. The second kappa shape index (κ2) is 3.92. The van der Waals surface area contributed by atoms with Gasteiger partial charge in [0, 0.05) is 0 Å². The minimum atomic E-state index is 0.198. The first kappa shape index (κ1) is 13.5. The van der Waals surface area contributed by atoms with Crippen LogP contribution in [0.5, 0.6) is 0 Å². The van der Waals surface area contributed by atoms with Crippen molar-refractivity contribution in [3.05, 3.63) is 23.3 Å². The van der Waals surface area contributed by atoms with Crippen LogP contribution >= 0.6 is 0 Å². The first-order chi connectivity index (χ1) is 5.98. The topological polar surface area (TPSA) is 0 Å². The Kier molecular flexibility index (Phi) is 3.78. The Hall–Kier alpha value is -0.520. The average Bonchev–Trinajstić information content (AvgIpc) is 1.79. The first-order valence-corrected chi connectivity index (χ1v) is 5.35. The standard InChI is InChI=1S/C14H26/c1-10(2)12(14(7,8)9)11(3)13(4,5)6/h1H2,2-9H3/b12-11-. The zero-order valence-electron chi connectivity index (χ0n) is 11.2. The summed E-state index contributed by atoms with van der Waals surface area (Å²) in [5.41, 5.74) is 4.51. The maximum atomic E-state index is 4.10. The molecule has 0 atom stereocenters. The summed E-state index contributed by atoms with van der Waals surface area (Å²) < 4.78 is 0. The van der Waals surface area contributed by atoms with Crippen molar-refractivity contribution in [3.63, 3.8) is 0 Å². The van der Waals surface area contributed by atoms with E-state index in [0.29, 0.717) is 0 Å². The van der Waals surface area contributed by atoms with Crippen LogP contribution in [0.1, 0.15) is 55.4 Å². The lowest BCUT2D eigenvalue weighted by atomic mass is 9.73. The normalized spacial score (nSPS) is 15.1. The lowest BCUT2D eigenvalue weighted by Crippen LogP contribution is -2.18. The molecular formula is C14H26. The molecule has 0 rings (SSSR count). The van der Waals surface area contributed by atoms with E-state index in [9.17, 15) is 0 Å². The van der Waals surface area contributed by atoms with Gasteiger partial charge in [0.1, 0.15) is 0 Å². The van der Waals surface area contributed by atoms with Crippen molar-refractivity contribution in [2.24, 2.45) is 10.8 Å². The molecule has 0 N–H and O–H groups in total. The zero-order chi connectivity index (χ0) is 11.7. The van der Waals surface area contributed by atoms with Gasteiger partial charge < -0.3 is 0 Å². The van der Waals surface area contributed by atoms with Crippen LogP contribution in [0.25, 0.3) is 0 Å². The van der Waals surface area contributed by atoms with Gasteiger partial charge in [-0.2, -0.15) is 0 Å².